The van der Waals surface area contributed by atoms with Crippen LogP contribution in [0.1, 0.15) is 24.1 Å². The highest BCUT2D eigenvalue weighted by Gasteiger charge is 2.13. The van der Waals surface area contributed by atoms with Crippen molar-refractivity contribution in [3.8, 4) is 5.75 Å². The monoisotopic (exact) mass is 205 g/mol. The van der Waals surface area contributed by atoms with E-state index in [1.807, 2.05) is 0 Å². The molecule has 2 nitrogen and oxygen atoms in total. The van der Waals surface area contributed by atoms with E-state index >= 15 is 0 Å². The predicted molar refractivity (Wildman–Crippen MR) is 52.7 cm³/mol. The first kappa shape index (κ1) is 12.2. The highest BCUT2D eigenvalue weighted by molar-refractivity contribution is 5.85. The van der Waals surface area contributed by atoms with Crippen molar-refractivity contribution >= 4 is 12.4 Å². The minimum Gasteiger partial charge on any atom is -0.507 e. The van der Waals surface area contributed by atoms with Gasteiger partial charge in [0, 0.05) is 11.6 Å². The Bertz CT molecular complexity index is 302. The molecule has 74 valence electrons. The van der Waals surface area contributed by atoms with Crippen LogP contribution in [0.3, 0.4) is 0 Å². The van der Waals surface area contributed by atoms with Crippen LogP contribution < -0.4 is 5.73 Å². The summed E-state index contributed by atoms with van der Waals surface area (Å²) in [6.07, 6.45) is 0. The summed E-state index contributed by atoms with van der Waals surface area (Å²) in [5, 5.41) is 9.43. The van der Waals surface area contributed by atoms with E-state index in [4.69, 9.17) is 5.73 Å². The van der Waals surface area contributed by atoms with Crippen molar-refractivity contribution < 1.29 is 9.50 Å². The van der Waals surface area contributed by atoms with Crippen LogP contribution in [0.25, 0.3) is 0 Å². The molecule has 0 saturated heterocycles. The molecule has 0 amide bonds. The lowest BCUT2D eigenvalue weighted by Gasteiger charge is -2.11. The lowest BCUT2D eigenvalue weighted by atomic mass is 10.0. The quantitative estimate of drug-likeness (QED) is 0.739. The maximum atomic E-state index is 13.0. The van der Waals surface area contributed by atoms with Crippen molar-refractivity contribution in [2.45, 2.75) is 19.9 Å². The molecule has 4 heteroatoms. The molecule has 0 bridgehead atoms. The second kappa shape index (κ2) is 4.44. The Kier molecular flexibility index (Phi) is 4.17. The molecule has 3 N–H and O–H groups in total. The summed E-state index contributed by atoms with van der Waals surface area (Å²) in [6.45, 7) is 3.35. The molecule has 0 radical (unpaired) electrons. The molecular weight excluding hydrogens is 193 g/mol. The van der Waals surface area contributed by atoms with E-state index in [2.05, 4.69) is 0 Å². The van der Waals surface area contributed by atoms with E-state index in [0.717, 1.165) is 0 Å². The second-order valence-corrected chi connectivity index (χ2v) is 2.92. The molecule has 0 fully saturated rings. The summed E-state index contributed by atoms with van der Waals surface area (Å²) in [4.78, 5) is 0. The molecule has 0 aliphatic carbocycles. The number of aryl methyl sites for hydroxylation is 1. The van der Waals surface area contributed by atoms with E-state index in [1.165, 1.54) is 12.1 Å². The standard InChI is InChI=1S/C9H12FNO.ClH/c1-5-3-4-7(10)8(6(2)11)9(5)12;/h3-4,6,12H,11H2,1-2H3;1H/t6-;/m0./s1. The summed E-state index contributed by atoms with van der Waals surface area (Å²) in [6, 6.07) is 2.36. The minimum atomic E-state index is -0.482. The van der Waals surface area contributed by atoms with Crippen LogP contribution in [0.4, 0.5) is 4.39 Å². The second-order valence-electron chi connectivity index (χ2n) is 2.92. The molecule has 0 aliphatic rings. The Morgan fingerprint density at radius 3 is 2.38 bits per heavy atom. The normalized spacial score (nSPS) is 12.0. The zero-order valence-corrected chi connectivity index (χ0v) is 8.36. The number of nitrogens with two attached hydrogens (primary N) is 1. The van der Waals surface area contributed by atoms with Crippen molar-refractivity contribution in [2.75, 3.05) is 0 Å². The van der Waals surface area contributed by atoms with Crippen LogP contribution >= 0.6 is 12.4 Å². The van der Waals surface area contributed by atoms with E-state index in [1.54, 1.807) is 13.8 Å². The number of hydrogen-bond donors (Lipinski definition) is 2. The molecule has 1 aromatic carbocycles. The van der Waals surface area contributed by atoms with Crippen molar-refractivity contribution in [3.05, 3.63) is 29.1 Å². The Hall–Kier alpha value is -0.800. The summed E-state index contributed by atoms with van der Waals surface area (Å²) in [5.41, 5.74) is 6.32. The number of benzene rings is 1. The van der Waals surface area contributed by atoms with Crippen LogP contribution in [-0.4, -0.2) is 5.11 Å². The molecule has 1 aromatic rings. The lowest BCUT2D eigenvalue weighted by molar-refractivity contribution is 0.448. The van der Waals surface area contributed by atoms with Gasteiger partial charge in [0.05, 0.1) is 0 Å². The lowest BCUT2D eigenvalue weighted by Crippen LogP contribution is -2.08. The van der Waals surface area contributed by atoms with E-state index in [9.17, 15) is 9.50 Å². The summed E-state index contributed by atoms with van der Waals surface area (Å²) >= 11 is 0. The van der Waals surface area contributed by atoms with Gasteiger partial charge in [-0.3, -0.25) is 0 Å². The van der Waals surface area contributed by atoms with Gasteiger partial charge in [0.15, 0.2) is 0 Å². The number of hydrogen-bond acceptors (Lipinski definition) is 2. The van der Waals surface area contributed by atoms with Crippen LogP contribution in [0, 0.1) is 12.7 Å². The molecule has 0 heterocycles. The maximum absolute atomic E-state index is 13.0. The number of phenols is 1. The predicted octanol–water partition coefficient (Wildman–Crippen LogP) is 2.28. The van der Waals surface area contributed by atoms with E-state index in [0.29, 0.717) is 5.56 Å². The SMILES string of the molecule is Cc1ccc(F)c([C@H](C)N)c1O.Cl. The third-order valence-electron chi connectivity index (χ3n) is 1.82. The molecular formula is C9H13ClFNO. The van der Waals surface area contributed by atoms with Crippen molar-refractivity contribution in [2.24, 2.45) is 5.73 Å². The van der Waals surface area contributed by atoms with E-state index < -0.39 is 11.9 Å². The fourth-order valence-corrected chi connectivity index (χ4v) is 1.13. The first-order valence-electron chi connectivity index (χ1n) is 3.77. The van der Waals surface area contributed by atoms with Gasteiger partial charge in [0.1, 0.15) is 11.6 Å². The Labute approximate surface area is 83.0 Å². The number of halogens is 2. The smallest absolute Gasteiger partial charge is 0.131 e. The average molecular weight is 206 g/mol. The van der Waals surface area contributed by atoms with E-state index in [-0.39, 0.29) is 23.7 Å². The van der Waals surface area contributed by atoms with Gasteiger partial charge in [-0.2, -0.15) is 0 Å². The zero-order valence-electron chi connectivity index (χ0n) is 7.54. The molecule has 0 aliphatic heterocycles. The maximum Gasteiger partial charge on any atom is 0.131 e. The molecule has 1 atom stereocenters. The first-order chi connectivity index (χ1) is 5.54. The molecule has 1 rings (SSSR count). The van der Waals surface area contributed by atoms with Gasteiger partial charge in [-0.1, -0.05) is 6.07 Å². The topological polar surface area (TPSA) is 46.2 Å². The third-order valence-corrected chi connectivity index (χ3v) is 1.82. The van der Waals surface area contributed by atoms with Crippen LogP contribution in [0.15, 0.2) is 12.1 Å². The van der Waals surface area contributed by atoms with Gasteiger partial charge in [0.2, 0.25) is 0 Å². The molecule has 0 saturated carbocycles. The summed E-state index contributed by atoms with van der Waals surface area (Å²) < 4.78 is 13.0. The zero-order chi connectivity index (χ0) is 9.30. The molecule has 13 heavy (non-hydrogen) atoms. The van der Waals surface area contributed by atoms with Crippen LogP contribution in [0.5, 0.6) is 5.75 Å². The van der Waals surface area contributed by atoms with Gasteiger partial charge in [-0.25, -0.2) is 4.39 Å². The van der Waals surface area contributed by atoms with Gasteiger partial charge >= 0.3 is 0 Å². The highest BCUT2D eigenvalue weighted by atomic mass is 35.5. The molecule has 0 aromatic heterocycles. The fourth-order valence-electron chi connectivity index (χ4n) is 1.13. The Morgan fingerprint density at radius 1 is 1.46 bits per heavy atom. The average Bonchev–Trinajstić information content (AvgIpc) is 1.97. The highest BCUT2D eigenvalue weighted by Crippen LogP contribution is 2.28. The third kappa shape index (κ3) is 2.32. The van der Waals surface area contributed by atoms with Gasteiger partial charge < -0.3 is 10.8 Å². The van der Waals surface area contributed by atoms with Crippen molar-refractivity contribution in [1.82, 2.24) is 0 Å². The largest absolute Gasteiger partial charge is 0.507 e. The minimum absolute atomic E-state index is 0. The number of phenolic OH excluding ortho intramolecular Hbond substituents is 1. The molecule has 0 spiro atoms. The van der Waals surface area contributed by atoms with Gasteiger partial charge in [-0.15, -0.1) is 12.4 Å². The van der Waals surface area contributed by atoms with Crippen molar-refractivity contribution in [1.29, 1.82) is 0 Å². The van der Waals surface area contributed by atoms with Gasteiger partial charge in [0.25, 0.3) is 0 Å². The fraction of sp³-hybridized carbons (Fsp3) is 0.333. The first-order valence-corrected chi connectivity index (χ1v) is 3.77. The van der Waals surface area contributed by atoms with Gasteiger partial charge in [-0.05, 0) is 25.5 Å². The van der Waals surface area contributed by atoms with Crippen LogP contribution in [0.2, 0.25) is 0 Å². The summed E-state index contributed by atoms with van der Waals surface area (Å²) in [7, 11) is 0. The Balaban J connectivity index is 0.00000144. The number of rotatable bonds is 1. The molecule has 0 unspecified atom stereocenters. The number of aromatic hydroxyl groups is 1. The summed E-state index contributed by atoms with van der Waals surface area (Å²) in [5.74, 6) is -0.488. The van der Waals surface area contributed by atoms with Crippen molar-refractivity contribution in [3.63, 3.8) is 0 Å². The van der Waals surface area contributed by atoms with Crippen LogP contribution in [-0.2, 0) is 0 Å². The Morgan fingerprint density at radius 2 is 2.00 bits per heavy atom.